The van der Waals surface area contributed by atoms with Crippen molar-refractivity contribution in [3.8, 4) is 11.6 Å². The predicted octanol–water partition coefficient (Wildman–Crippen LogP) is 4.62. The van der Waals surface area contributed by atoms with Gasteiger partial charge < -0.3 is 10.1 Å². The molecule has 160 valence electrons. The van der Waals surface area contributed by atoms with Gasteiger partial charge in [0.15, 0.2) is 11.0 Å². The topological polar surface area (TPSA) is 101 Å². The lowest BCUT2D eigenvalue weighted by atomic mass is 10.1. The van der Waals surface area contributed by atoms with Crippen LogP contribution in [-0.2, 0) is 0 Å². The molecule has 0 atom stereocenters. The van der Waals surface area contributed by atoms with Crippen molar-refractivity contribution >= 4 is 29.1 Å². The maximum absolute atomic E-state index is 14.0. The molecule has 3 N–H and O–H groups in total. The third-order valence-electron chi connectivity index (χ3n) is 4.06. The van der Waals surface area contributed by atoms with E-state index >= 15 is 0 Å². The van der Waals surface area contributed by atoms with Crippen molar-refractivity contribution in [3.05, 3.63) is 81.8 Å². The number of carbonyl (C=O) groups excluding carboxylic acids is 2. The van der Waals surface area contributed by atoms with Crippen LogP contribution >= 0.6 is 11.6 Å². The number of amides is 2. The van der Waals surface area contributed by atoms with Crippen LogP contribution in [0.3, 0.4) is 0 Å². The van der Waals surface area contributed by atoms with Gasteiger partial charge in [0.2, 0.25) is 5.88 Å². The van der Waals surface area contributed by atoms with Gasteiger partial charge in [0, 0.05) is 5.69 Å². The van der Waals surface area contributed by atoms with Crippen LogP contribution in [0.2, 0.25) is 5.15 Å². The molecule has 0 aliphatic rings. The molecule has 0 bridgehead atoms. The third-order valence-corrected chi connectivity index (χ3v) is 4.32. The van der Waals surface area contributed by atoms with Gasteiger partial charge in [-0.1, -0.05) is 11.6 Å². The molecule has 2 aromatic carbocycles. The van der Waals surface area contributed by atoms with Crippen LogP contribution < -0.4 is 15.5 Å². The maximum atomic E-state index is 14.0. The van der Waals surface area contributed by atoms with Gasteiger partial charge in [0.1, 0.15) is 22.9 Å². The van der Waals surface area contributed by atoms with Gasteiger partial charge in [-0.05, 0) is 55.0 Å². The van der Waals surface area contributed by atoms with Crippen molar-refractivity contribution in [1.82, 2.24) is 10.5 Å². The summed E-state index contributed by atoms with van der Waals surface area (Å²) in [5.41, 5.74) is 0.710. The molecule has 3 rings (SSSR count). The van der Waals surface area contributed by atoms with E-state index in [2.05, 4.69) is 10.3 Å². The summed E-state index contributed by atoms with van der Waals surface area (Å²) in [6.45, 7) is 1.55. The van der Waals surface area contributed by atoms with Crippen LogP contribution in [0.5, 0.6) is 11.6 Å². The fraction of sp³-hybridized carbons (Fsp3) is 0.0500. The number of nitrogens with zero attached hydrogens (tertiary/aromatic N) is 1. The molecule has 0 spiro atoms. The molecule has 0 fully saturated rings. The van der Waals surface area contributed by atoms with Gasteiger partial charge in [-0.15, -0.1) is 0 Å². The van der Waals surface area contributed by atoms with Crippen molar-refractivity contribution in [1.29, 1.82) is 0 Å². The minimum atomic E-state index is -1.14. The van der Waals surface area contributed by atoms with E-state index in [4.69, 9.17) is 21.5 Å². The molecule has 0 aliphatic heterocycles. The number of halogens is 4. The summed E-state index contributed by atoms with van der Waals surface area (Å²) < 4.78 is 46.6. The summed E-state index contributed by atoms with van der Waals surface area (Å²) >= 11 is 5.70. The van der Waals surface area contributed by atoms with Crippen LogP contribution in [0.25, 0.3) is 0 Å². The summed E-state index contributed by atoms with van der Waals surface area (Å²) in [5, 5.41) is 10.5. The monoisotopic (exact) mass is 451 g/mol. The molecular formula is C20H13ClF3N3O4. The molecule has 3 aromatic rings. The van der Waals surface area contributed by atoms with E-state index in [9.17, 15) is 22.8 Å². The number of anilines is 1. The van der Waals surface area contributed by atoms with E-state index in [1.54, 1.807) is 6.92 Å². The second-order valence-corrected chi connectivity index (χ2v) is 6.57. The average Bonchev–Trinajstić information content (AvgIpc) is 2.73. The summed E-state index contributed by atoms with van der Waals surface area (Å²) in [6, 6.07) is 7.38. The smallest absolute Gasteiger partial charge is 0.277 e. The second-order valence-electron chi connectivity index (χ2n) is 6.22. The number of ether oxygens (including phenoxy) is 1. The van der Waals surface area contributed by atoms with Crippen LogP contribution in [0.15, 0.2) is 42.5 Å². The normalized spacial score (nSPS) is 10.5. The first-order valence-corrected chi connectivity index (χ1v) is 8.92. The number of carbonyl (C=O) groups is 2. The van der Waals surface area contributed by atoms with Gasteiger partial charge in [-0.25, -0.2) is 18.7 Å². The van der Waals surface area contributed by atoms with Gasteiger partial charge in [-0.2, -0.15) is 4.98 Å². The zero-order valence-corrected chi connectivity index (χ0v) is 16.4. The Bertz CT molecular complexity index is 1190. The van der Waals surface area contributed by atoms with E-state index in [1.807, 2.05) is 0 Å². The number of hydrogen-bond acceptors (Lipinski definition) is 5. The Morgan fingerprint density at radius 1 is 1.00 bits per heavy atom. The molecule has 11 heteroatoms. The Morgan fingerprint density at radius 2 is 1.74 bits per heavy atom. The van der Waals surface area contributed by atoms with Crippen LogP contribution in [0.4, 0.5) is 18.9 Å². The number of rotatable bonds is 5. The SMILES string of the molecule is Cc1cc(F)ccc1Oc1nc(Cl)c(F)cc1C(=O)Nc1ccc(F)c(C(=O)NO)c1. The lowest BCUT2D eigenvalue weighted by molar-refractivity contribution is 0.0701. The summed E-state index contributed by atoms with van der Waals surface area (Å²) in [6.07, 6.45) is 0. The van der Waals surface area contributed by atoms with E-state index in [-0.39, 0.29) is 22.9 Å². The molecule has 1 aromatic heterocycles. The molecular weight excluding hydrogens is 439 g/mol. The quantitative estimate of drug-likeness (QED) is 0.298. The molecule has 1 heterocycles. The van der Waals surface area contributed by atoms with E-state index < -0.39 is 40.0 Å². The first-order valence-electron chi connectivity index (χ1n) is 8.55. The number of aryl methyl sites for hydroxylation is 1. The molecule has 0 saturated heterocycles. The Hall–Kier alpha value is -3.63. The summed E-state index contributed by atoms with van der Waals surface area (Å²) in [4.78, 5) is 27.9. The number of nitrogens with one attached hydrogen (secondary N) is 2. The standard InChI is InChI=1S/C20H13ClF3N3O4/c1-9-6-10(22)2-5-16(9)31-20-13(8-15(24)17(21)26-20)18(28)25-11-3-4-14(23)12(7-11)19(29)27-30/h2-8,30H,1H3,(H,25,28)(H,27,29). The van der Waals surface area contributed by atoms with Crippen LogP contribution in [-0.4, -0.2) is 22.0 Å². The highest BCUT2D eigenvalue weighted by atomic mass is 35.5. The van der Waals surface area contributed by atoms with Gasteiger partial charge >= 0.3 is 0 Å². The Kier molecular flexibility index (Phi) is 6.42. The highest BCUT2D eigenvalue weighted by Gasteiger charge is 2.21. The molecule has 0 aliphatic carbocycles. The first-order chi connectivity index (χ1) is 14.7. The van der Waals surface area contributed by atoms with Crippen molar-refractivity contribution in [2.75, 3.05) is 5.32 Å². The van der Waals surface area contributed by atoms with Gasteiger partial charge in [0.25, 0.3) is 11.8 Å². The van der Waals surface area contributed by atoms with E-state index in [0.29, 0.717) is 5.56 Å². The van der Waals surface area contributed by atoms with Gasteiger partial charge in [-0.3, -0.25) is 14.8 Å². The molecule has 31 heavy (non-hydrogen) atoms. The Balaban J connectivity index is 1.95. The average molecular weight is 452 g/mol. The van der Waals surface area contributed by atoms with Crippen LogP contribution in [0, 0.1) is 24.4 Å². The number of hydrogen-bond donors (Lipinski definition) is 3. The molecule has 0 saturated carbocycles. The van der Waals surface area contributed by atoms with Crippen molar-refractivity contribution < 1.29 is 32.7 Å². The van der Waals surface area contributed by atoms with Gasteiger partial charge in [0.05, 0.1) is 5.56 Å². The minimum absolute atomic E-state index is 0.0377. The summed E-state index contributed by atoms with van der Waals surface area (Å²) in [5.74, 6) is -4.73. The van der Waals surface area contributed by atoms with Crippen molar-refractivity contribution in [3.63, 3.8) is 0 Å². The number of aromatic nitrogens is 1. The van der Waals surface area contributed by atoms with E-state index in [0.717, 1.165) is 30.3 Å². The maximum Gasteiger partial charge on any atom is 0.277 e. The first kappa shape index (κ1) is 22.1. The summed E-state index contributed by atoms with van der Waals surface area (Å²) in [7, 11) is 0. The number of hydroxylamine groups is 1. The van der Waals surface area contributed by atoms with E-state index in [1.165, 1.54) is 17.6 Å². The van der Waals surface area contributed by atoms with Crippen LogP contribution in [0.1, 0.15) is 26.3 Å². The molecule has 7 nitrogen and oxygen atoms in total. The molecule has 0 radical (unpaired) electrons. The molecule has 2 amide bonds. The number of pyridine rings is 1. The Morgan fingerprint density at radius 3 is 2.42 bits per heavy atom. The lowest BCUT2D eigenvalue weighted by Crippen LogP contribution is -2.21. The zero-order valence-electron chi connectivity index (χ0n) is 15.7. The highest BCUT2D eigenvalue weighted by molar-refractivity contribution is 6.29. The van der Waals surface area contributed by atoms with Crippen molar-refractivity contribution in [2.24, 2.45) is 0 Å². The fourth-order valence-corrected chi connectivity index (χ4v) is 2.69. The zero-order chi connectivity index (χ0) is 22.7. The van der Waals surface area contributed by atoms with Crippen molar-refractivity contribution in [2.45, 2.75) is 6.92 Å². The third kappa shape index (κ3) is 4.93. The minimum Gasteiger partial charge on any atom is -0.438 e. The Labute approximate surface area is 178 Å². The second kappa shape index (κ2) is 9.02. The molecule has 0 unspecified atom stereocenters. The lowest BCUT2D eigenvalue weighted by Gasteiger charge is -2.13. The highest BCUT2D eigenvalue weighted by Crippen LogP contribution is 2.30. The number of benzene rings is 2. The largest absolute Gasteiger partial charge is 0.438 e. The predicted molar refractivity (Wildman–Crippen MR) is 104 cm³/mol. The fourth-order valence-electron chi connectivity index (χ4n) is 2.56.